The van der Waals surface area contributed by atoms with Gasteiger partial charge in [-0.05, 0) is 17.7 Å². The Morgan fingerprint density at radius 3 is 2.81 bits per heavy atom. The highest BCUT2D eigenvalue weighted by atomic mass is 19.1. The fourth-order valence-electron chi connectivity index (χ4n) is 1.45. The van der Waals surface area contributed by atoms with Crippen molar-refractivity contribution in [2.24, 2.45) is 5.73 Å². The number of ether oxygens (including phenoxy) is 2. The molecule has 0 amide bonds. The van der Waals surface area contributed by atoms with Gasteiger partial charge in [0.15, 0.2) is 17.3 Å². The number of carboxylic acids is 1. The van der Waals surface area contributed by atoms with Crippen LogP contribution in [0.2, 0.25) is 0 Å². The number of benzene rings is 1. The molecule has 3 N–H and O–H groups in total. The van der Waals surface area contributed by atoms with Crippen molar-refractivity contribution in [2.75, 3.05) is 13.2 Å². The third kappa shape index (κ3) is 1.79. The van der Waals surface area contributed by atoms with Crippen LogP contribution in [0.4, 0.5) is 4.39 Å². The van der Waals surface area contributed by atoms with Gasteiger partial charge in [0.2, 0.25) is 0 Å². The number of hydrogen-bond acceptors (Lipinski definition) is 4. The van der Waals surface area contributed by atoms with E-state index in [2.05, 4.69) is 0 Å². The van der Waals surface area contributed by atoms with Crippen LogP contribution < -0.4 is 15.2 Å². The first-order chi connectivity index (χ1) is 7.59. The van der Waals surface area contributed by atoms with Crippen molar-refractivity contribution in [1.82, 2.24) is 0 Å². The van der Waals surface area contributed by atoms with Gasteiger partial charge >= 0.3 is 5.97 Å². The molecule has 1 heterocycles. The lowest BCUT2D eigenvalue weighted by molar-refractivity contribution is -0.138. The number of carboxylic acid groups (broad SMARTS) is 1. The summed E-state index contributed by atoms with van der Waals surface area (Å²) in [4.78, 5) is 10.7. The molecule has 16 heavy (non-hydrogen) atoms. The monoisotopic (exact) mass is 227 g/mol. The number of nitrogens with two attached hydrogens (primary N) is 1. The highest BCUT2D eigenvalue weighted by molar-refractivity contribution is 5.75. The molecule has 2 rings (SSSR count). The van der Waals surface area contributed by atoms with Crippen molar-refractivity contribution in [2.45, 2.75) is 6.04 Å². The highest BCUT2D eigenvalue weighted by Gasteiger charge is 2.22. The summed E-state index contributed by atoms with van der Waals surface area (Å²) in [5, 5.41) is 8.71. The van der Waals surface area contributed by atoms with E-state index in [1.54, 1.807) is 0 Å². The van der Waals surface area contributed by atoms with Gasteiger partial charge in [-0.1, -0.05) is 0 Å². The van der Waals surface area contributed by atoms with E-state index in [-0.39, 0.29) is 23.7 Å². The molecule has 1 atom stereocenters. The summed E-state index contributed by atoms with van der Waals surface area (Å²) < 4.78 is 23.7. The lowest BCUT2D eigenvalue weighted by Crippen LogP contribution is -2.22. The summed E-state index contributed by atoms with van der Waals surface area (Å²) in [7, 11) is 0. The number of carbonyl (C=O) groups is 1. The van der Waals surface area contributed by atoms with Crippen molar-refractivity contribution in [3.05, 3.63) is 23.5 Å². The predicted octanol–water partition coefficient (Wildman–Crippen LogP) is 0.681. The van der Waals surface area contributed by atoms with E-state index in [1.165, 1.54) is 6.07 Å². The molecule has 0 spiro atoms. The average molecular weight is 227 g/mol. The summed E-state index contributed by atoms with van der Waals surface area (Å²) >= 11 is 0. The summed E-state index contributed by atoms with van der Waals surface area (Å²) in [6, 6.07) is 1.16. The smallest absolute Gasteiger partial charge is 0.325 e. The molecule has 0 aromatic heterocycles. The van der Waals surface area contributed by atoms with Crippen molar-refractivity contribution in [3.8, 4) is 11.5 Å². The maximum absolute atomic E-state index is 13.5. The quantitative estimate of drug-likeness (QED) is 0.776. The van der Waals surface area contributed by atoms with Crippen molar-refractivity contribution in [3.63, 3.8) is 0 Å². The number of hydrogen-bond donors (Lipinski definition) is 2. The molecule has 0 saturated carbocycles. The van der Waals surface area contributed by atoms with E-state index < -0.39 is 17.8 Å². The second kappa shape index (κ2) is 3.97. The minimum absolute atomic E-state index is 0.00703. The van der Waals surface area contributed by atoms with Crippen LogP contribution in [0.5, 0.6) is 11.5 Å². The Morgan fingerprint density at radius 2 is 2.12 bits per heavy atom. The largest absolute Gasteiger partial charge is 0.486 e. The topological polar surface area (TPSA) is 81.8 Å². The maximum atomic E-state index is 13.5. The molecular formula is C10H10FNO4. The molecule has 0 saturated heterocycles. The van der Waals surface area contributed by atoms with Gasteiger partial charge in [0, 0.05) is 0 Å². The third-order valence-corrected chi connectivity index (χ3v) is 2.24. The lowest BCUT2D eigenvalue weighted by Gasteiger charge is -2.20. The molecule has 5 nitrogen and oxygen atoms in total. The second-order valence-electron chi connectivity index (χ2n) is 3.34. The van der Waals surface area contributed by atoms with Gasteiger partial charge in [-0.3, -0.25) is 4.79 Å². The molecule has 1 aliphatic heterocycles. The van der Waals surface area contributed by atoms with Crippen LogP contribution in [0.3, 0.4) is 0 Å². The van der Waals surface area contributed by atoms with Crippen LogP contribution in [-0.4, -0.2) is 24.3 Å². The lowest BCUT2D eigenvalue weighted by atomic mass is 10.1. The first-order valence-corrected chi connectivity index (χ1v) is 4.67. The minimum atomic E-state index is -1.27. The van der Waals surface area contributed by atoms with Gasteiger partial charge in [0.1, 0.15) is 19.3 Å². The highest BCUT2D eigenvalue weighted by Crippen LogP contribution is 2.35. The minimum Gasteiger partial charge on any atom is -0.486 e. The zero-order valence-electron chi connectivity index (χ0n) is 8.27. The molecule has 86 valence electrons. The average Bonchev–Trinajstić information content (AvgIpc) is 2.28. The van der Waals surface area contributed by atoms with Crippen LogP contribution >= 0.6 is 0 Å². The fourth-order valence-corrected chi connectivity index (χ4v) is 1.45. The molecule has 1 aromatic carbocycles. The Balaban J connectivity index is 2.42. The molecular weight excluding hydrogens is 217 g/mol. The van der Waals surface area contributed by atoms with Gasteiger partial charge in [0.05, 0.1) is 0 Å². The normalized spacial score (nSPS) is 15.6. The Hall–Kier alpha value is -1.82. The first kappa shape index (κ1) is 10.7. The van der Waals surface area contributed by atoms with E-state index in [9.17, 15) is 9.18 Å². The Morgan fingerprint density at radius 1 is 1.44 bits per heavy atom. The standard InChI is InChI=1S/C10H10FNO4/c11-6-3-5(8(12)10(13)14)4-7-9(6)16-2-1-15-7/h3-4,8H,1-2,12H2,(H,13,14). The van der Waals surface area contributed by atoms with E-state index in [1.807, 2.05) is 0 Å². The second-order valence-corrected chi connectivity index (χ2v) is 3.34. The first-order valence-electron chi connectivity index (χ1n) is 4.67. The number of aliphatic carboxylic acids is 1. The van der Waals surface area contributed by atoms with E-state index >= 15 is 0 Å². The number of halogens is 1. The molecule has 1 aromatic rings. The van der Waals surface area contributed by atoms with Crippen LogP contribution in [-0.2, 0) is 4.79 Å². The molecule has 6 heteroatoms. The van der Waals surface area contributed by atoms with Crippen LogP contribution in [0.25, 0.3) is 0 Å². The van der Waals surface area contributed by atoms with E-state index in [0.29, 0.717) is 6.61 Å². The van der Waals surface area contributed by atoms with Gasteiger partial charge in [-0.25, -0.2) is 4.39 Å². The number of fused-ring (bicyclic) bond motifs is 1. The summed E-state index contributed by atoms with van der Waals surface area (Å²) in [6.45, 7) is 0.576. The van der Waals surface area contributed by atoms with Gasteiger partial charge in [-0.15, -0.1) is 0 Å². The third-order valence-electron chi connectivity index (χ3n) is 2.24. The SMILES string of the molecule is NC(C(=O)O)c1cc(F)c2c(c1)OCCO2. The molecule has 1 aliphatic rings. The molecule has 0 radical (unpaired) electrons. The maximum Gasteiger partial charge on any atom is 0.325 e. The summed E-state index contributed by atoms with van der Waals surface area (Å²) in [5.41, 5.74) is 5.52. The molecule has 0 bridgehead atoms. The van der Waals surface area contributed by atoms with Crippen LogP contribution in [0.15, 0.2) is 12.1 Å². The Labute approximate surface area is 90.6 Å². The van der Waals surface area contributed by atoms with Gasteiger partial charge < -0.3 is 20.3 Å². The molecule has 1 unspecified atom stereocenters. The van der Waals surface area contributed by atoms with Crippen molar-refractivity contribution in [1.29, 1.82) is 0 Å². The van der Waals surface area contributed by atoms with Crippen LogP contribution in [0.1, 0.15) is 11.6 Å². The van der Waals surface area contributed by atoms with Crippen molar-refractivity contribution >= 4 is 5.97 Å². The molecule has 0 aliphatic carbocycles. The Bertz CT molecular complexity index is 435. The predicted molar refractivity (Wildman–Crippen MR) is 52.0 cm³/mol. The van der Waals surface area contributed by atoms with E-state index in [0.717, 1.165) is 6.07 Å². The van der Waals surface area contributed by atoms with Gasteiger partial charge in [0.25, 0.3) is 0 Å². The Kier molecular flexibility index (Phi) is 2.66. The zero-order valence-corrected chi connectivity index (χ0v) is 8.27. The molecule has 0 fully saturated rings. The van der Waals surface area contributed by atoms with Crippen LogP contribution in [0, 0.1) is 5.82 Å². The van der Waals surface area contributed by atoms with Gasteiger partial charge in [-0.2, -0.15) is 0 Å². The zero-order chi connectivity index (χ0) is 11.7. The van der Waals surface area contributed by atoms with Crippen molar-refractivity contribution < 1.29 is 23.8 Å². The van der Waals surface area contributed by atoms with E-state index in [4.69, 9.17) is 20.3 Å². The summed E-state index contributed by atoms with van der Waals surface area (Å²) in [5.74, 6) is -1.69. The number of rotatable bonds is 2. The fraction of sp³-hybridized carbons (Fsp3) is 0.300. The summed E-state index contributed by atoms with van der Waals surface area (Å²) in [6.07, 6.45) is 0.